The van der Waals surface area contributed by atoms with Crippen LogP contribution in [0.2, 0.25) is 0 Å². The molecule has 0 saturated carbocycles. The molecule has 33 heavy (non-hydrogen) atoms. The van der Waals surface area contributed by atoms with Crippen molar-refractivity contribution in [1.82, 2.24) is 5.32 Å². The first kappa shape index (κ1) is 24.0. The first-order valence-corrected chi connectivity index (χ1v) is 12.3. The number of benzene rings is 3. The largest absolute Gasteiger partial charge is 0.352 e. The number of hydrogen-bond donors (Lipinski definition) is 2. The maximum absolute atomic E-state index is 12.7. The van der Waals surface area contributed by atoms with E-state index in [1.807, 2.05) is 37.3 Å². The van der Waals surface area contributed by atoms with Crippen molar-refractivity contribution in [2.24, 2.45) is 0 Å². The number of nitrogens with zero attached hydrogens (tertiary/aromatic N) is 1. The van der Waals surface area contributed by atoms with Gasteiger partial charge in [0.05, 0.1) is 23.2 Å². The Bertz CT molecular complexity index is 1210. The van der Waals surface area contributed by atoms with Crippen LogP contribution in [-0.4, -0.2) is 39.6 Å². The van der Waals surface area contributed by atoms with Crippen molar-refractivity contribution in [3.8, 4) is 0 Å². The van der Waals surface area contributed by atoms with E-state index in [1.165, 1.54) is 0 Å². The minimum atomic E-state index is -3.69. The minimum Gasteiger partial charge on any atom is -0.352 e. The van der Waals surface area contributed by atoms with Crippen LogP contribution in [0.25, 0.3) is 0 Å². The normalized spacial score (nSPS) is 11.0. The predicted molar refractivity (Wildman–Crippen MR) is 131 cm³/mol. The van der Waals surface area contributed by atoms with Crippen molar-refractivity contribution >= 4 is 33.2 Å². The minimum absolute atomic E-state index is 0.306. The van der Waals surface area contributed by atoms with E-state index in [1.54, 1.807) is 48.5 Å². The number of rotatable bonds is 9. The van der Waals surface area contributed by atoms with Crippen molar-refractivity contribution in [1.29, 1.82) is 0 Å². The Kier molecular flexibility index (Phi) is 7.84. The summed E-state index contributed by atoms with van der Waals surface area (Å²) in [4.78, 5) is 25.4. The van der Waals surface area contributed by atoms with E-state index in [-0.39, 0.29) is 5.91 Å². The van der Waals surface area contributed by atoms with E-state index in [0.717, 1.165) is 21.7 Å². The van der Waals surface area contributed by atoms with Crippen molar-refractivity contribution < 1.29 is 18.0 Å². The molecule has 8 heteroatoms. The maximum atomic E-state index is 12.7. The van der Waals surface area contributed by atoms with Gasteiger partial charge in [-0.15, -0.1) is 0 Å². The summed E-state index contributed by atoms with van der Waals surface area (Å²) in [5.74, 6) is -0.870. The van der Waals surface area contributed by atoms with Crippen molar-refractivity contribution in [2.45, 2.75) is 13.3 Å². The fourth-order valence-electron chi connectivity index (χ4n) is 3.28. The van der Waals surface area contributed by atoms with Crippen LogP contribution in [0.4, 0.5) is 11.4 Å². The van der Waals surface area contributed by atoms with Gasteiger partial charge >= 0.3 is 0 Å². The molecule has 0 aliphatic heterocycles. The van der Waals surface area contributed by atoms with Gasteiger partial charge in [-0.2, -0.15) is 0 Å². The van der Waals surface area contributed by atoms with Crippen LogP contribution < -0.4 is 14.9 Å². The Labute approximate surface area is 194 Å². The molecule has 2 amide bonds. The van der Waals surface area contributed by atoms with Crippen LogP contribution in [0.15, 0.2) is 78.9 Å². The molecule has 0 saturated heterocycles. The summed E-state index contributed by atoms with van der Waals surface area (Å²) in [7, 11) is -3.69. The van der Waals surface area contributed by atoms with Gasteiger partial charge in [-0.3, -0.25) is 13.9 Å². The number of aryl methyl sites for hydroxylation is 1. The number of anilines is 2. The fourth-order valence-corrected chi connectivity index (χ4v) is 4.14. The van der Waals surface area contributed by atoms with E-state index in [4.69, 9.17) is 0 Å². The fraction of sp³-hybridized carbons (Fsp3) is 0.200. The number of sulfonamides is 1. The molecule has 0 aliphatic carbocycles. The number of hydrogen-bond acceptors (Lipinski definition) is 4. The molecule has 3 rings (SSSR count). The summed E-state index contributed by atoms with van der Waals surface area (Å²) < 4.78 is 25.6. The van der Waals surface area contributed by atoms with Crippen LogP contribution in [0.1, 0.15) is 21.5 Å². The van der Waals surface area contributed by atoms with E-state index in [2.05, 4.69) is 10.6 Å². The van der Waals surface area contributed by atoms with E-state index < -0.39 is 22.5 Å². The topological polar surface area (TPSA) is 95.6 Å². The third-order valence-electron chi connectivity index (χ3n) is 5.00. The Morgan fingerprint density at radius 2 is 1.52 bits per heavy atom. The third-order valence-corrected chi connectivity index (χ3v) is 6.14. The standard InChI is InChI=1S/C25H27N3O4S/c1-19-12-14-21(15-13-19)28(33(2,31)32)18-24(29)27-23-11-7-6-10-22(23)25(30)26-17-16-20-8-4-3-5-9-20/h3-15H,16-18H2,1-2H3,(H,26,30)(H,27,29). The molecule has 0 bridgehead atoms. The molecule has 7 nitrogen and oxygen atoms in total. The highest BCUT2D eigenvalue weighted by atomic mass is 32.2. The number of amides is 2. The summed E-state index contributed by atoms with van der Waals surface area (Å²) in [5, 5.41) is 5.54. The zero-order valence-corrected chi connectivity index (χ0v) is 19.4. The average molecular weight is 466 g/mol. The maximum Gasteiger partial charge on any atom is 0.253 e. The van der Waals surface area contributed by atoms with Gasteiger partial charge in [0.2, 0.25) is 15.9 Å². The van der Waals surface area contributed by atoms with Crippen LogP contribution in [0.3, 0.4) is 0 Å². The lowest BCUT2D eigenvalue weighted by atomic mass is 10.1. The summed E-state index contributed by atoms with van der Waals surface area (Å²) >= 11 is 0. The summed E-state index contributed by atoms with van der Waals surface area (Å²) in [6.45, 7) is 1.93. The van der Waals surface area contributed by atoms with Gasteiger partial charge in [-0.1, -0.05) is 60.2 Å². The van der Waals surface area contributed by atoms with Gasteiger partial charge in [-0.25, -0.2) is 8.42 Å². The molecule has 0 unspecified atom stereocenters. The molecule has 3 aromatic carbocycles. The van der Waals surface area contributed by atoms with Crippen LogP contribution in [-0.2, 0) is 21.2 Å². The zero-order chi connectivity index (χ0) is 23.8. The quantitative estimate of drug-likeness (QED) is 0.507. The van der Waals surface area contributed by atoms with Crippen LogP contribution >= 0.6 is 0 Å². The summed E-state index contributed by atoms with van der Waals surface area (Å²) in [6.07, 6.45) is 1.73. The van der Waals surface area contributed by atoms with Gasteiger partial charge in [0.15, 0.2) is 0 Å². The monoisotopic (exact) mass is 465 g/mol. The van der Waals surface area contributed by atoms with Gasteiger partial charge < -0.3 is 10.6 Å². The zero-order valence-electron chi connectivity index (χ0n) is 18.6. The Morgan fingerprint density at radius 3 is 2.18 bits per heavy atom. The van der Waals surface area contributed by atoms with Crippen molar-refractivity contribution in [3.63, 3.8) is 0 Å². The molecule has 0 aromatic heterocycles. The first-order valence-electron chi connectivity index (χ1n) is 10.5. The smallest absolute Gasteiger partial charge is 0.253 e. The Balaban J connectivity index is 1.68. The first-order chi connectivity index (χ1) is 15.7. The highest BCUT2D eigenvalue weighted by Crippen LogP contribution is 2.19. The number of carbonyl (C=O) groups is 2. The Morgan fingerprint density at radius 1 is 0.879 bits per heavy atom. The summed E-state index contributed by atoms with van der Waals surface area (Å²) in [6, 6.07) is 23.3. The molecule has 3 aromatic rings. The van der Waals surface area contributed by atoms with Gasteiger partial charge in [-0.05, 0) is 43.2 Å². The highest BCUT2D eigenvalue weighted by Gasteiger charge is 2.22. The number of para-hydroxylation sites is 1. The molecule has 2 N–H and O–H groups in total. The third kappa shape index (κ3) is 6.92. The van der Waals surface area contributed by atoms with E-state index >= 15 is 0 Å². The molecule has 0 heterocycles. The Hall–Kier alpha value is -3.65. The average Bonchev–Trinajstić information content (AvgIpc) is 2.78. The second kappa shape index (κ2) is 10.8. The van der Waals surface area contributed by atoms with Gasteiger partial charge in [0.25, 0.3) is 5.91 Å². The molecular weight excluding hydrogens is 438 g/mol. The second-order valence-electron chi connectivity index (χ2n) is 7.69. The molecule has 0 atom stereocenters. The van der Waals surface area contributed by atoms with Crippen LogP contribution in [0.5, 0.6) is 0 Å². The molecule has 0 radical (unpaired) electrons. The molecular formula is C25H27N3O4S. The lowest BCUT2D eigenvalue weighted by molar-refractivity contribution is -0.114. The van der Waals surface area contributed by atoms with E-state index in [9.17, 15) is 18.0 Å². The second-order valence-corrected chi connectivity index (χ2v) is 9.60. The molecule has 0 spiro atoms. The van der Waals surface area contributed by atoms with Crippen molar-refractivity contribution in [2.75, 3.05) is 29.0 Å². The lowest BCUT2D eigenvalue weighted by Crippen LogP contribution is -2.37. The lowest BCUT2D eigenvalue weighted by Gasteiger charge is -2.22. The highest BCUT2D eigenvalue weighted by molar-refractivity contribution is 7.92. The number of carbonyl (C=O) groups excluding carboxylic acids is 2. The van der Waals surface area contributed by atoms with Crippen LogP contribution in [0, 0.1) is 6.92 Å². The van der Waals surface area contributed by atoms with E-state index in [0.29, 0.717) is 29.9 Å². The molecule has 0 aliphatic rings. The molecule has 0 fully saturated rings. The SMILES string of the molecule is Cc1ccc(N(CC(=O)Nc2ccccc2C(=O)NCCc2ccccc2)S(C)(=O)=O)cc1. The van der Waals surface area contributed by atoms with Crippen molar-refractivity contribution in [3.05, 3.63) is 95.6 Å². The van der Waals surface area contributed by atoms with Gasteiger partial charge in [0.1, 0.15) is 6.54 Å². The van der Waals surface area contributed by atoms with Gasteiger partial charge in [0, 0.05) is 6.54 Å². The predicted octanol–water partition coefficient (Wildman–Crippen LogP) is 3.37. The number of nitrogens with one attached hydrogen (secondary N) is 2. The molecule has 172 valence electrons. The summed E-state index contributed by atoms with van der Waals surface area (Å²) in [5.41, 5.74) is 3.10.